The fourth-order valence-electron chi connectivity index (χ4n) is 2.02. The lowest BCUT2D eigenvalue weighted by molar-refractivity contribution is 0.660. The minimum atomic E-state index is 0.439. The Kier molecular flexibility index (Phi) is 3.13. The molecule has 1 N–H and O–H groups in total. The van der Waals surface area contributed by atoms with Gasteiger partial charge >= 0.3 is 0 Å². The molecule has 0 heterocycles. The number of likely N-dealkylation sites (N-methyl/N-ethyl adjacent to an activating group) is 1. The van der Waals surface area contributed by atoms with E-state index in [4.69, 9.17) is 11.6 Å². The molecule has 1 aliphatic carbocycles. The smallest absolute Gasteiger partial charge is 0.0481 e. The van der Waals surface area contributed by atoms with E-state index >= 15 is 0 Å². The second kappa shape index (κ2) is 4.38. The van der Waals surface area contributed by atoms with E-state index in [2.05, 4.69) is 24.4 Å². The Labute approximate surface area is 96.1 Å². The van der Waals surface area contributed by atoms with Crippen LogP contribution in [0, 0.1) is 0 Å². The van der Waals surface area contributed by atoms with Gasteiger partial charge in [0.15, 0.2) is 0 Å². The molecule has 0 aromatic heterocycles. The van der Waals surface area contributed by atoms with Gasteiger partial charge in [0.05, 0.1) is 0 Å². The molecule has 15 heavy (non-hydrogen) atoms. The van der Waals surface area contributed by atoms with Crippen molar-refractivity contribution in [2.45, 2.75) is 25.8 Å². The van der Waals surface area contributed by atoms with Crippen molar-refractivity contribution >= 4 is 17.7 Å². The van der Waals surface area contributed by atoms with Gasteiger partial charge in [0.1, 0.15) is 0 Å². The van der Waals surface area contributed by atoms with Gasteiger partial charge in [-0.15, -0.1) is 0 Å². The monoisotopic (exact) mass is 221 g/mol. The lowest BCUT2D eigenvalue weighted by Gasteiger charge is -2.21. The summed E-state index contributed by atoms with van der Waals surface area (Å²) in [4.78, 5) is 0. The van der Waals surface area contributed by atoms with Crippen molar-refractivity contribution in [2.24, 2.45) is 0 Å². The Morgan fingerprint density at radius 2 is 2.13 bits per heavy atom. The SMILES string of the molecule is CNC(C)C1=Cc2c(Cl)cccc2CC1. The summed E-state index contributed by atoms with van der Waals surface area (Å²) in [5.74, 6) is 0. The number of aryl methyl sites for hydroxylation is 1. The van der Waals surface area contributed by atoms with Crippen molar-refractivity contribution < 1.29 is 0 Å². The van der Waals surface area contributed by atoms with Gasteiger partial charge in [-0.1, -0.05) is 35.4 Å². The van der Waals surface area contributed by atoms with Crippen LogP contribution in [0.3, 0.4) is 0 Å². The molecule has 0 fully saturated rings. The molecule has 0 aliphatic heterocycles. The largest absolute Gasteiger partial charge is 0.314 e. The molecule has 1 aromatic rings. The molecule has 0 saturated carbocycles. The Hall–Kier alpha value is -0.790. The summed E-state index contributed by atoms with van der Waals surface area (Å²) in [6.07, 6.45) is 4.48. The zero-order chi connectivity index (χ0) is 10.8. The van der Waals surface area contributed by atoms with Crippen molar-refractivity contribution in [3.05, 3.63) is 39.9 Å². The first-order chi connectivity index (χ1) is 7.22. The van der Waals surface area contributed by atoms with Crippen LogP contribution >= 0.6 is 11.6 Å². The molecule has 0 radical (unpaired) electrons. The number of rotatable bonds is 2. The molecule has 2 rings (SSSR count). The van der Waals surface area contributed by atoms with E-state index in [9.17, 15) is 0 Å². The minimum absolute atomic E-state index is 0.439. The van der Waals surface area contributed by atoms with Crippen molar-refractivity contribution in [1.82, 2.24) is 5.32 Å². The number of nitrogens with one attached hydrogen (secondary N) is 1. The minimum Gasteiger partial charge on any atom is -0.314 e. The Morgan fingerprint density at radius 3 is 2.87 bits per heavy atom. The van der Waals surface area contributed by atoms with E-state index in [0.717, 1.165) is 17.9 Å². The quantitative estimate of drug-likeness (QED) is 0.808. The van der Waals surface area contributed by atoms with Gasteiger partial charge < -0.3 is 5.32 Å². The number of hydrogen-bond donors (Lipinski definition) is 1. The van der Waals surface area contributed by atoms with Gasteiger partial charge in [0.2, 0.25) is 0 Å². The number of fused-ring (bicyclic) bond motifs is 1. The molecule has 80 valence electrons. The number of halogens is 1. The van der Waals surface area contributed by atoms with Crippen LogP contribution in [-0.2, 0) is 6.42 Å². The second-order valence-electron chi connectivity index (χ2n) is 4.04. The second-order valence-corrected chi connectivity index (χ2v) is 4.45. The molecule has 1 aromatic carbocycles. The summed E-state index contributed by atoms with van der Waals surface area (Å²) in [5.41, 5.74) is 4.02. The lowest BCUT2D eigenvalue weighted by atomic mass is 9.89. The normalized spacial score (nSPS) is 16.9. The lowest BCUT2D eigenvalue weighted by Crippen LogP contribution is -2.24. The maximum Gasteiger partial charge on any atom is 0.0481 e. The van der Waals surface area contributed by atoms with E-state index in [0.29, 0.717) is 6.04 Å². The van der Waals surface area contributed by atoms with Crippen molar-refractivity contribution in [3.63, 3.8) is 0 Å². The molecule has 0 spiro atoms. The molecule has 0 bridgehead atoms. The average Bonchev–Trinajstić information content (AvgIpc) is 2.28. The zero-order valence-corrected chi connectivity index (χ0v) is 9.93. The van der Waals surface area contributed by atoms with Crippen LogP contribution in [0.25, 0.3) is 6.08 Å². The highest BCUT2D eigenvalue weighted by Gasteiger charge is 2.15. The fourth-order valence-corrected chi connectivity index (χ4v) is 2.27. The van der Waals surface area contributed by atoms with Crippen molar-refractivity contribution in [2.75, 3.05) is 7.05 Å². The average molecular weight is 222 g/mol. The molecule has 1 atom stereocenters. The standard InChI is InChI=1S/C13H16ClN/c1-9(15-2)11-7-6-10-4-3-5-13(14)12(10)8-11/h3-5,8-9,15H,6-7H2,1-2H3. The first-order valence-corrected chi connectivity index (χ1v) is 5.75. The molecular formula is C13H16ClN. The van der Waals surface area contributed by atoms with Crippen LogP contribution in [0.1, 0.15) is 24.5 Å². The van der Waals surface area contributed by atoms with Crippen LogP contribution in [0.5, 0.6) is 0 Å². The van der Waals surface area contributed by atoms with Gasteiger partial charge in [-0.3, -0.25) is 0 Å². The fraction of sp³-hybridized carbons (Fsp3) is 0.385. The van der Waals surface area contributed by atoms with Gasteiger partial charge in [-0.2, -0.15) is 0 Å². The number of benzene rings is 1. The predicted molar refractivity (Wildman–Crippen MR) is 66.3 cm³/mol. The van der Waals surface area contributed by atoms with Gasteiger partial charge in [0, 0.05) is 11.1 Å². The van der Waals surface area contributed by atoms with E-state index < -0.39 is 0 Å². The third-order valence-electron chi connectivity index (χ3n) is 3.15. The Bertz CT molecular complexity index is 396. The summed E-state index contributed by atoms with van der Waals surface area (Å²) in [6.45, 7) is 2.19. The molecule has 1 aliphatic rings. The molecular weight excluding hydrogens is 206 g/mol. The first kappa shape index (κ1) is 10.7. The maximum absolute atomic E-state index is 6.19. The first-order valence-electron chi connectivity index (χ1n) is 5.37. The van der Waals surface area contributed by atoms with Crippen LogP contribution in [0.2, 0.25) is 5.02 Å². The zero-order valence-electron chi connectivity index (χ0n) is 9.18. The molecule has 1 nitrogen and oxygen atoms in total. The topological polar surface area (TPSA) is 12.0 Å². The third-order valence-corrected chi connectivity index (χ3v) is 3.47. The van der Waals surface area contributed by atoms with E-state index in [1.54, 1.807) is 0 Å². The van der Waals surface area contributed by atoms with Crippen LogP contribution in [0.4, 0.5) is 0 Å². The van der Waals surface area contributed by atoms with Crippen LogP contribution in [-0.4, -0.2) is 13.1 Å². The number of hydrogen-bond acceptors (Lipinski definition) is 1. The van der Waals surface area contributed by atoms with Crippen LogP contribution < -0.4 is 5.32 Å². The molecule has 0 amide bonds. The summed E-state index contributed by atoms with van der Waals surface area (Å²) in [7, 11) is 1.99. The van der Waals surface area contributed by atoms with Crippen molar-refractivity contribution in [1.29, 1.82) is 0 Å². The van der Waals surface area contributed by atoms with E-state index in [1.165, 1.54) is 16.7 Å². The van der Waals surface area contributed by atoms with E-state index in [-0.39, 0.29) is 0 Å². The van der Waals surface area contributed by atoms with Gasteiger partial charge in [0.25, 0.3) is 0 Å². The Balaban J connectivity index is 2.40. The molecule has 1 unspecified atom stereocenters. The summed E-state index contributed by atoms with van der Waals surface area (Å²) < 4.78 is 0. The van der Waals surface area contributed by atoms with Crippen LogP contribution in [0.15, 0.2) is 23.8 Å². The highest BCUT2D eigenvalue weighted by Crippen LogP contribution is 2.30. The van der Waals surface area contributed by atoms with Gasteiger partial charge in [-0.05, 0) is 44.0 Å². The van der Waals surface area contributed by atoms with Crippen molar-refractivity contribution in [3.8, 4) is 0 Å². The maximum atomic E-state index is 6.19. The summed E-state index contributed by atoms with van der Waals surface area (Å²) in [5, 5.41) is 4.14. The third kappa shape index (κ3) is 2.09. The Morgan fingerprint density at radius 1 is 1.33 bits per heavy atom. The van der Waals surface area contributed by atoms with E-state index in [1.807, 2.05) is 19.2 Å². The molecule has 0 saturated heterocycles. The summed E-state index contributed by atoms with van der Waals surface area (Å²) >= 11 is 6.19. The summed E-state index contributed by atoms with van der Waals surface area (Å²) in [6, 6.07) is 6.60. The van der Waals surface area contributed by atoms with Gasteiger partial charge in [-0.25, -0.2) is 0 Å². The highest BCUT2D eigenvalue weighted by atomic mass is 35.5. The highest BCUT2D eigenvalue weighted by molar-refractivity contribution is 6.32. The molecule has 2 heteroatoms. The predicted octanol–water partition coefficient (Wildman–Crippen LogP) is 3.28.